The predicted octanol–water partition coefficient (Wildman–Crippen LogP) is 3.90. The highest BCUT2D eigenvalue weighted by Crippen LogP contribution is 2.38. The van der Waals surface area contributed by atoms with Gasteiger partial charge in [0.2, 0.25) is 5.91 Å². The molecule has 10 heteroatoms. The number of carbonyl (C=O) groups is 2. The maximum atomic E-state index is 13.1. The molecule has 5 nitrogen and oxygen atoms in total. The van der Waals surface area contributed by atoms with Gasteiger partial charge >= 0.3 is 12.1 Å². The zero-order chi connectivity index (χ0) is 19.8. The van der Waals surface area contributed by atoms with Crippen LogP contribution in [0.15, 0.2) is 12.1 Å². The molecular weight excluding hydrogens is 408 g/mol. The smallest absolute Gasteiger partial charge is 0.393 e. The van der Waals surface area contributed by atoms with Crippen molar-refractivity contribution in [2.24, 2.45) is 11.8 Å². The van der Waals surface area contributed by atoms with Crippen LogP contribution in [-0.4, -0.2) is 47.2 Å². The van der Waals surface area contributed by atoms with Gasteiger partial charge in [0.25, 0.3) is 0 Å². The van der Waals surface area contributed by atoms with Crippen LogP contribution in [0.2, 0.25) is 5.02 Å². The highest BCUT2D eigenvalue weighted by Gasteiger charge is 2.53. The lowest BCUT2D eigenvalue weighted by Crippen LogP contribution is -2.41. The Bertz CT molecular complexity index is 705. The number of aliphatic carboxylic acids is 1. The van der Waals surface area contributed by atoms with Crippen molar-refractivity contribution in [2.75, 3.05) is 18.4 Å². The van der Waals surface area contributed by atoms with Gasteiger partial charge in [0.15, 0.2) is 0 Å². The molecule has 1 aromatic rings. The predicted molar refractivity (Wildman–Crippen MR) is 98.5 cm³/mol. The molecule has 1 aromatic carbocycles. The minimum absolute atomic E-state index is 0. The molecule has 1 saturated heterocycles. The van der Waals surface area contributed by atoms with Crippen LogP contribution in [0.4, 0.5) is 18.9 Å². The number of rotatable bonds is 4. The second-order valence-corrected chi connectivity index (χ2v) is 7.06. The van der Waals surface area contributed by atoms with Gasteiger partial charge in [0.05, 0.1) is 28.6 Å². The molecule has 0 aliphatic carbocycles. The Morgan fingerprint density at radius 2 is 1.89 bits per heavy atom. The van der Waals surface area contributed by atoms with Crippen LogP contribution in [0.5, 0.6) is 0 Å². The molecule has 1 aliphatic heterocycles. The lowest BCUT2D eigenvalue weighted by Gasteiger charge is -2.24. The average Bonchev–Trinajstić information content (AvgIpc) is 2.95. The zero-order valence-electron chi connectivity index (χ0n) is 14.9. The summed E-state index contributed by atoms with van der Waals surface area (Å²) in [5, 5.41) is 12.0. The van der Waals surface area contributed by atoms with Crippen LogP contribution in [0, 0.1) is 25.7 Å². The summed E-state index contributed by atoms with van der Waals surface area (Å²) >= 11 is 6.14. The van der Waals surface area contributed by atoms with Crippen molar-refractivity contribution in [1.29, 1.82) is 0 Å². The largest absolute Gasteiger partial charge is 0.481 e. The molecule has 1 fully saturated rings. The highest BCUT2D eigenvalue weighted by atomic mass is 35.5. The third-order valence-corrected chi connectivity index (χ3v) is 4.99. The number of benzene rings is 1. The maximum absolute atomic E-state index is 13.1. The summed E-state index contributed by atoms with van der Waals surface area (Å²) in [6.45, 7) is 4.19. The number of likely N-dealkylation sites (tertiary alicyclic amines) is 1. The molecule has 27 heavy (non-hydrogen) atoms. The lowest BCUT2D eigenvalue weighted by molar-refractivity contribution is -0.188. The number of halogens is 5. The van der Waals surface area contributed by atoms with Gasteiger partial charge in [-0.05, 0) is 38.0 Å². The molecule has 1 unspecified atom stereocenters. The van der Waals surface area contributed by atoms with Gasteiger partial charge in [0.1, 0.15) is 0 Å². The average molecular weight is 429 g/mol. The second kappa shape index (κ2) is 8.67. The number of amides is 1. The van der Waals surface area contributed by atoms with E-state index < -0.39 is 42.5 Å². The van der Waals surface area contributed by atoms with Gasteiger partial charge in [0, 0.05) is 13.1 Å². The number of hydrogen-bond acceptors (Lipinski definition) is 3. The number of nitrogens with zero attached hydrogens (tertiary/aromatic N) is 1. The minimum Gasteiger partial charge on any atom is -0.481 e. The number of carbonyl (C=O) groups excluding carboxylic acids is 1. The molecule has 0 aromatic heterocycles. The van der Waals surface area contributed by atoms with E-state index in [1.165, 1.54) is 11.8 Å². The van der Waals surface area contributed by atoms with Crippen LogP contribution in [0.3, 0.4) is 0 Å². The zero-order valence-corrected chi connectivity index (χ0v) is 16.5. The quantitative estimate of drug-likeness (QED) is 0.762. The summed E-state index contributed by atoms with van der Waals surface area (Å²) in [5.41, 5.74) is 2.04. The fourth-order valence-electron chi connectivity index (χ4n) is 3.20. The van der Waals surface area contributed by atoms with Gasteiger partial charge in [-0.15, -0.1) is 12.4 Å². The molecular formula is C17H21Cl2F3N2O3. The monoisotopic (exact) mass is 428 g/mol. The Morgan fingerprint density at radius 1 is 1.30 bits per heavy atom. The molecule has 2 rings (SSSR count). The van der Waals surface area contributed by atoms with E-state index in [-0.39, 0.29) is 19.0 Å². The topological polar surface area (TPSA) is 69.6 Å². The van der Waals surface area contributed by atoms with Crippen molar-refractivity contribution in [3.63, 3.8) is 0 Å². The van der Waals surface area contributed by atoms with Gasteiger partial charge in [-0.2, -0.15) is 13.2 Å². The molecule has 0 bridgehead atoms. The summed E-state index contributed by atoms with van der Waals surface area (Å²) in [4.78, 5) is 24.9. The van der Waals surface area contributed by atoms with Crippen LogP contribution in [-0.2, 0) is 9.59 Å². The molecule has 0 saturated carbocycles. The SMILES string of the molecule is Cc1cc(C)c(NC(=O)C(C)N2C[C@@H](C(F)(F)F)[C@H](C(=O)O)C2)c(Cl)c1.Cl. The van der Waals surface area contributed by atoms with Gasteiger partial charge in [-0.3, -0.25) is 14.5 Å². The van der Waals surface area contributed by atoms with Gasteiger partial charge < -0.3 is 10.4 Å². The van der Waals surface area contributed by atoms with Gasteiger partial charge in [-0.25, -0.2) is 0 Å². The standard InChI is InChI=1S/C17H20ClF3N2O3.ClH/c1-8-4-9(2)14(13(18)5-8)22-15(24)10(3)23-6-11(16(25)26)12(7-23)17(19,20)21;/h4-5,10-12H,6-7H2,1-3H3,(H,22,24)(H,25,26);1H/t10?,11-,12-;/m1./s1. The van der Waals surface area contributed by atoms with Crippen molar-refractivity contribution >= 4 is 41.6 Å². The van der Waals surface area contributed by atoms with E-state index in [1.807, 2.05) is 13.0 Å². The Labute approximate surface area is 166 Å². The molecule has 1 amide bonds. The molecule has 1 aliphatic rings. The third kappa shape index (κ3) is 5.27. The molecule has 0 spiro atoms. The molecule has 3 atom stereocenters. The summed E-state index contributed by atoms with van der Waals surface area (Å²) in [6.07, 6.45) is -4.63. The van der Waals surface area contributed by atoms with Crippen molar-refractivity contribution in [3.8, 4) is 0 Å². The van der Waals surface area contributed by atoms with Crippen LogP contribution in [0.25, 0.3) is 0 Å². The number of carboxylic acids is 1. The van der Waals surface area contributed by atoms with Crippen molar-refractivity contribution < 1.29 is 27.9 Å². The number of anilines is 1. The number of alkyl halides is 3. The minimum atomic E-state index is -4.63. The summed E-state index contributed by atoms with van der Waals surface area (Å²) in [7, 11) is 0. The van der Waals surface area contributed by atoms with Crippen LogP contribution < -0.4 is 5.32 Å². The van der Waals surface area contributed by atoms with Crippen molar-refractivity contribution in [1.82, 2.24) is 4.90 Å². The summed E-state index contributed by atoms with van der Waals surface area (Å²) < 4.78 is 39.3. The Hall–Kier alpha value is -1.51. The van der Waals surface area contributed by atoms with E-state index >= 15 is 0 Å². The summed E-state index contributed by atoms with van der Waals surface area (Å²) in [5.74, 6) is -5.64. The van der Waals surface area contributed by atoms with E-state index in [1.54, 1.807) is 13.0 Å². The molecule has 1 heterocycles. The number of carboxylic acid groups (broad SMARTS) is 1. The second-order valence-electron chi connectivity index (χ2n) is 6.65. The Morgan fingerprint density at radius 3 is 2.33 bits per heavy atom. The Balaban J connectivity index is 0.00000364. The first kappa shape index (κ1) is 23.5. The van der Waals surface area contributed by atoms with Crippen LogP contribution >= 0.6 is 24.0 Å². The number of aryl methyl sites for hydroxylation is 2. The number of hydrogen-bond donors (Lipinski definition) is 2. The van der Waals surface area contributed by atoms with Crippen LogP contribution in [0.1, 0.15) is 18.1 Å². The van der Waals surface area contributed by atoms with Gasteiger partial charge in [-0.1, -0.05) is 17.7 Å². The fraction of sp³-hybridized carbons (Fsp3) is 0.529. The lowest BCUT2D eigenvalue weighted by atomic mass is 9.96. The van der Waals surface area contributed by atoms with E-state index in [0.29, 0.717) is 10.7 Å². The third-order valence-electron chi connectivity index (χ3n) is 4.69. The molecule has 2 N–H and O–H groups in total. The molecule has 0 radical (unpaired) electrons. The highest BCUT2D eigenvalue weighted by molar-refractivity contribution is 6.34. The first-order valence-electron chi connectivity index (χ1n) is 8.03. The Kier molecular flexibility index (Phi) is 7.55. The fourth-order valence-corrected chi connectivity index (χ4v) is 3.57. The first-order valence-corrected chi connectivity index (χ1v) is 8.40. The summed E-state index contributed by atoms with van der Waals surface area (Å²) in [6, 6.07) is 2.56. The van der Waals surface area contributed by atoms with Crippen molar-refractivity contribution in [2.45, 2.75) is 33.0 Å². The van der Waals surface area contributed by atoms with Crippen molar-refractivity contribution in [3.05, 3.63) is 28.3 Å². The van der Waals surface area contributed by atoms with E-state index in [9.17, 15) is 22.8 Å². The maximum Gasteiger partial charge on any atom is 0.393 e. The van der Waals surface area contributed by atoms with E-state index in [4.69, 9.17) is 16.7 Å². The first-order chi connectivity index (χ1) is 11.9. The molecule has 152 valence electrons. The number of nitrogens with one attached hydrogen (secondary N) is 1. The van der Waals surface area contributed by atoms with E-state index in [2.05, 4.69) is 5.32 Å². The van der Waals surface area contributed by atoms with E-state index in [0.717, 1.165) is 11.1 Å². The normalized spacial score (nSPS) is 21.4.